The molecule has 0 saturated carbocycles. The molecule has 0 aromatic heterocycles. The Morgan fingerprint density at radius 3 is 1.92 bits per heavy atom. The van der Waals surface area contributed by atoms with Crippen LogP contribution < -0.4 is 0 Å². The SMILES string of the molecule is CB(OC(C)CC(C)(C)C(C)(C)OCCC(C)(C)O)C(C)(C)CO. The molecule has 144 valence electrons. The van der Waals surface area contributed by atoms with Crippen LogP contribution in [0.25, 0.3) is 0 Å². The third-order valence-corrected chi connectivity index (χ3v) is 5.55. The Kier molecular flexibility index (Phi) is 8.49. The molecule has 5 heteroatoms. The van der Waals surface area contributed by atoms with E-state index in [0.29, 0.717) is 13.0 Å². The first-order valence-electron chi connectivity index (χ1n) is 9.17. The standard InChI is InChI=1S/C19H41BO4/c1-15(24-20(10)17(4,5)14-21)13-16(2,3)19(8,9)23-12-11-18(6,7)22/h15,21-22H,11-14H2,1-10H3. The van der Waals surface area contributed by atoms with E-state index in [9.17, 15) is 10.2 Å². The monoisotopic (exact) mass is 344 g/mol. The van der Waals surface area contributed by atoms with Gasteiger partial charge in [-0.05, 0) is 58.2 Å². The van der Waals surface area contributed by atoms with Gasteiger partial charge in [0.15, 0.2) is 0 Å². The lowest BCUT2D eigenvalue weighted by atomic mass is 9.49. The van der Waals surface area contributed by atoms with Crippen molar-refractivity contribution in [3.8, 4) is 0 Å². The summed E-state index contributed by atoms with van der Waals surface area (Å²) in [5.41, 5.74) is -1.12. The normalized spacial score (nSPS) is 15.5. The third kappa shape index (κ3) is 7.86. The van der Waals surface area contributed by atoms with Crippen molar-refractivity contribution in [3.05, 3.63) is 0 Å². The fourth-order valence-electron chi connectivity index (χ4n) is 2.43. The minimum atomic E-state index is -0.706. The minimum Gasteiger partial charge on any atom is -0.433 e. The van der Waals surface area contributed by atoms with Gasteiger partial charge in [0.05, 0.1) is 17.8 Å². The van der Waals surface area contributed by atoms with Gasteiger partial charge in [-0.1, -0.05) is 34.5 Å². The molecule has 4 nitrogen and oxygen atoms in total. The van der Waals surface area contributed by atoms with Gasteiger partial charge in [0, 0.05) is 12.7 Å². The van der Waals surface area contributed by atoms with Gasteiger partial charge in [-0.25, -0.2) is 0 Å². The van der Waals surface area contributed by atoms with Crippen LogP contribution in [-0.2, 0) is 9.39 Å². The molecule has 0 aliphatic rings. The molecule has 0 aliphatic carbocycles. The first-order valence-corrected chi connectivity index (χ1v) is 9.17. The number of hydrogen-bond acceptors (Lipinski definition) is 4. The molecule has 24 heavy (non-hydrogen) atoms. The molecule has 0 amide bonds. The molecule has 0 radical (unpaired) electrons. The van der Waals surface area contributed by atoms with E-state index in [2.05, 4.69) is 34.6 Å². The Balaban J connectivity index is 4.69. The van der Waals surface area contributed by atoms with Crippen molar-refractivity contribution in [1.82, 2.24) is 0 Å². The summed E-state index contributed by atoms with van der Waals surface area (Å²) in [5, 5.41) is 19.1. The van der Waals surface area contributed by atoms with Crippen molar-refractivity contribution in [2.45, 2.75) is 105 Å². The molecule has 0 heterocycles. The minimum absolute atomic E-state index is 0.0208. The Labute approximate surface area is 150 Å². The van der Waals surface area contributed by atoms with Gasteiger partial charge in [-0.15, -0.1) is 0 Å². The Morgan fingerprint density at radius 2 is 1.50 bits per heavy atom. The van der Waals surface area contributed by atoms with Crippen LogP contribution in [0.5, 0.6) is 0 Å². The van der Waals surface area contributed by atoms with Gasteiger partial charge in [-0.3, -0.25) is 0 Å². The summed E-state index contributed by atoms with van der Waals surface area (Å²) in [6.45, 7) is 20.9. The molecule has 0 rings (SSSR count). The lowest BCUT2D eigenvalue weighted by molar-refractivity contribution is -0.120. The second kappa shape index (κ2) is 8.53. The summed E-state index contributed by atoms with van der Waals surface area (Å²) in [5.74, 6) is 0. The number of hydrogen-bond donors (Lipinski definition) is 2. The molecule has 0 bridgehead atoms. The first kappa shape index (κ1) is 23.9. The highest BCUT2D eigenvalue weighted by molar-refractivity contribution is 6.54. The average molecular weight is 344 g/mol. The van der Waals surface area contributed by atoms with Crippen LogP contribution in [-0.4, -0.2) is 47.6 Å². The third-order valence-electron chi connectivity index (χ3n) is 5.55. The summed E-state index contributed by atoms with van der Waals surface area (Å²) < 4.78 is 12.2. The Morgan fingerprint density at radius 1 is 1.00 bits per heavy atom. The van der Waals surface area contributed by atoms with Crippen LogP contribution in [0.4, 0.5) is 0 Å². The van der Waals surface area contributed by atoms with Crippen molar-refractivity contribution >= 4 is 6.92 Å². The van der Waals surface area contributed by atoms with Crippen LogP contribution in [0.15, 0.2) is 0 Å². The molecule has 0 aromatic carbocycles. The molecule has 0 aliphatic heterocycles. The maximum atomic E-state index is 9.84. The van der Waals surface area contributed by atoms with Crippen molar-refractivity contribution in [3.63, 3.8) is 0 Å². The zero-order chi connectivity index (χ0) is 19.4. The van der Waals surface area contributed by atoms with Gasteiger partial charge in [-0.2, -0.15) is 0 Å². The smallest absolute Gasteiger partial charge is 0.298 e. The van der Waals surface area contributed by atoms with E-state index in [1.807, 2.05) is 20.7 Å². The van der Waals surface area contributed by atoms with E-state index < -0.39 is 5.60 Å². The fraction of sp³-hybridized carbons (Fsp3) is 1.00. The lowest BCUT2D eigenvalue weighted by Gasteiger charge is -2.44. The summed E-state index contributed by atoms with van der Waals surface area (Å²) in [6, 6.07) is 0. The molecule has 0 spiro atoms. The highest BCUT2D eigenvalue weighted by Crippen LogP contribution is 2.39. The van der Waals surface area contributed by atoms with Crippen LogP contribution in [0.2, 0.25) is 12.1 Å². The second-order valence-corrected chi connectivity index (χ2v) is 9.74. The van der Waals surface area contributed by atoms with Gasteiger partial charge in [0.1, 0.15) is 0 Å². The van der Waals surface area contributed by atoms with E-state index in [0.717, 1.165) is 6.42 Å². The molecule has 0 aromatic rings. The molecular weight excluding hydrogens is 303 g/mol. The van der Waals surface area contributed by atoms with Gasteiger partial charge < -0.3 is 19.6 Å². The predicted molar refractivity (Wildman–Crippen MR) is 103 cm³/mol. The van der Waals surface area contributed by atoms with Crippen molar-refractivity contribution in [2.75, 3.05) is 13.2 Å². The van der Waals surface area contributed by atoms with Crippen LogP contribution in [0.1, 0.15) is 75.2 Å². The van der Waals surface area contributed by atoms with Crippen molar-refractivity contribution < 1.29 is 19.6 Å². The highest BCUT2D eigenvalue weighted by Gasteiger charge is 2.40. The largest absolute Gasteiger partial charge is 0.433 e. The van der Waals surface area contributed by atoms with Crippen molar-refractivity contribution in [2.24, 2.45) is 5.41 Å². The van der Waals surface area contributed by atoms with Gasteiger partial charge >= 0.3 is 0 Å². The maximum Gasteiger partial charge on any atom is 0.298 e. The number of ether oxygens (including phenoxy) is 1. The van der Waals surface area contributed by atoms with Gasteiger partial charge in [0.25, 0.3) is 6.92 Å². The highest BCUT2D eigenvalue weighted by atomic mass is 16.5. The van der Waals surface area contributed by atoms with Crippen LogP contribution in [0, 0.1) is 5.41 Å². The zero-order valence-electron chi connectivity index (χ0n) is 17.7. The summed E-state index contributed by atoms with van der Waals surface area (Å²) >= 11 is 0. The quantitative estimate of drug-likeness (QED) is 0.553. The summed E-state index contributed by atoms with van der Waals surface area (Å²) in [7, 11) is 0. The molecule has 0 fully saturated rings. The fourth-order valence-corrected chi connectivity index (χ4v) is 2.43. The summed E-state index contributed by atoms with van der Waals surface area (Å²) in [4.78, 5) is 0. The molecule has 1 atom stereocenters. The number of rotatable bonds is 11. The second-order valence-electron chi connectivity index (χ2n) is 9.74. The molecular formula is C19H41BO4. The molecule has 0 saturated heterocycles. The van der Waals surface area contributed by atoms with Crippen LogP contribution in [0.3, 0.4) is 0 Å². The zero-order valence-corrected chi connectivity index (χ0v) is 17.7. The molecule has 1 unspecified atom stereocenters. The Bertz CT molecular complexity index is 372. The number of aliphatic hydroxyl groups excluding tert-OH is 1. The predicted octanol–water partition coefficient (Wildman–Crippen LogP) is 4.16. The average Bonchev–Trinajstić information content (AvgIpc) is 2.35. The van der Waals surface area contributed by atoms with Crippen LogP contribution >= 0.6 is 0 Å². The summed E-state index contributed by atoms with van der Waals surface area (Å²) in [6.07, 6.45) is 1.53. The van der Waals surface area contributed by atoms with E-state index in [-0.39, 0.29) is 36.0 Å². The van der Waals surface area contributed by atoms with E-state index in [1.54, 1.807) is 13.8 Å². The van der Waals surface area contributed by atoms with E-state index in [1.165, 1.54) is 0 Å². The van der Waals surface area contributed by atoms with Crippen molar-refractivity contribution in [1.29, 1.82) is 0 Å². The maximum absolute atomic E-state index is 9.84. The first-order chi connectivity index (χ1) is 10.5. The number of aliphatic hydroxyl groups is 2. The topological polar surface area (TPSA) is 58.9 Å². The van der Waals surface area contributed by atoms with Gasteiger partial charge in [0.2, 0.25) is 0 Å². The van der Waals surface area contributed by atoms with E-state index >= 15 is 0 Å². The molecule has 2 N–H and O–H groups in total. The van der Waals surface area contributed by atoms with E-state index in [4.69, 9.17) is 9.39 Å². The Hall–Kier alpha value is -0.0951. The lowest BCUT2D eigenvalue weighted by Crippen LogP contribution is -2.45.